The maximum atomic E-state index is 5.45. The fourth-order valence-corrected chi connectivity index (χ4v) is 3.59. The maximum Gasteiger partial charge on any atom is 0.0480 e. The molecular weight excluding hydrogens is 260 g/mol. The Labute approximate surface area is 128 Å². The number of benzene rings is 1. The molecule has 0 aliphatic carbocycles. The van der Waals surface area contributed by atoms with Crippen molar-refractivity contribution in [1.82, 2.24) is 10.2 Å². The third-order valence-corrected chi connectivity index (χ3v) is 5.04. The largest absolute Gasteiger partial charge is 0.381 e. The van der Waals surface area contributed by atoms with E-state index in [0.717, 1.165) is 25.7 Å². The second-order valence-corrected chi connectivity index (χ2v) is 6.52. The van der Waals surface area contributed by atoms with Crippen molar-refractivity contribution in [2.45, 2.75) is 44.2 Å². The lowest BCUT2D eigenvalue weighted by molar-refractivity contribution is 0.0407. The lowest BCUT2D eigenvalue weighted by atomic mass is 9.90. The highest BCUT2D eigenvalue weighted by molar-refractivity contribution is 5.26. The van der Waals surface area contributed by atoms with Gasteiger partial charge in [-0.1, -0.05) is 24.3 Å². The third kappa shape index (κ3) is 4.06. The van der Waals surface area contributed by atoms with Crippen LogP contribution in [-0.2, 0) is 11.3 Å². The molecule has 2 aliphatic heterocycles. The molecule has 0 saturated carbocycles. The fourth-order valence-electron chi connectivity index (χ4n) is 3.59. The normalized spacial score (nSPS) is 21.8. The number of hydrogen-bond donors (Lipinski definition) is 1. The number of nitrogens with one attached hydrogen (secondary N) is 1. The second kappa shape index (κ2) is 7.39. The van der Waals surface area contributed by atoms with Crippen LogP contribution >= 0.6 is 0 Å². The summed E-state index contributed by atoms with van der Waals surface area (Å²) >= 11 is 0. The Morgan fingerprint density at radius 3 is 2.38 bits per heavy atom. The van der Waals surface area contributed by atoms with Crippen LogP contribution in [-0.4, -0.2) is 44.3 Å². The lowest BCUT2D eigenvalue weighted by Gasteiger charge is -2.31. The smallest absolute Gasteiger partial charge is 0.0480 e. The van der Waals surface area contributed by atoms with Gasteiger partial charge < -0.3 is 10.1 Å². The van der Waals surface area contributed by atoms with E-state index in [9.17, 15) is 0 Å². The Balaban J connectivity index is 1.56. The molecule has 21 heavy (non-hydrogen) atoms. The SMILES string of the molecule is CN(Cc1ccc(C2CCNCC2)cc1)C1CCOCC1. The molecule has 1 N–H and O–H groups in total. The number of hydrogen-bond acceptors (Lipinski definition) is 3. The molecule has 2 aliphatic rings. The van der Waals surface area contributed by atoms with Crippen LogP contribution in [0.2, 0.25) is 0 Å². The average Bonchev–Trinajstić information content (AvgIpc) is 2.57. The van der Waals surface area contributed by atoms with Gasteiger partial charge in [0, 0.05) is 25.8 Å². The van der Waals surface area contributed by atoms with Crippen LogP contribution in [0.15, 0.2) is 24.3 Å². The number of rotatable bonds is 4. The molecule has 0 atom stereocenters. The quantitative estimate of drug-likeness (QED) is 0.922. The molecule has 1 aromatic rings. The van der Waals surface area contributed by atoms with Crippen molar-refractivity contribution in [2.24, 2.45) is 0 Å². The second-order valence-electron chi connectivity index (χ2n) is 6.52. The molecular formula is C18H28N2O. The topological polar surface area (TPSA) is 24.5 Å². The minimum Gasteiger partial charge on any atom is -0.381 e. The summed E-state index contributed by atoms with van der Waals surface area (Å²) in [6.45, 7) is 5.22. The van der Waals surface area contributed by atoms with Crippen LogP contribution in [0.5, 0.6) is 0 Å². The fraction of sp³-hybridized carbons (Fsp3) is 0.667. The zero-order valence-corrected chi connectivity index (χ0v) is 13.2. The van der Waals surface area contributed by atoms with E-state index < -0.39 is 0 Å². The highest BCUT2D eigenvalue weighted by Gasteiger charge is 2.19. The van der Waals surface area contributed by atoms with Crippen LogP contribution < -0.4 is 5.32 Å². The summed E-state index contributed by atoms with van der Waals surface area (Å²) in [4.78, 5) is 2.49. The van der Waals surface area contributed by atoms with Crippen LogP contribution in [0.3, 0.4) is 0 Å². The summed E-state index contributed by atoms with van der Waals surface area (Å²) in [6.07, 6.45) is 4.90. The Morgan fingerprint density at radius 1 is 1.05 bits per heavy atom. The van der Waals surface area contributed by atoms with Crippen LogP contribution in [0.4, 0.5) is 0 Å². The van der Waals surface area contributed by atoms with E-state index in [1.165, 1.54) is 49.9 Å². The standard InChI is InChI=1S/C18H28N2O/c1-20(18-8-12-21-13-9-18)14-15-2-4-16(5-3-15)17-6-10-19-11-7-17/h2-5,17-19H,6-14H2,1H3. The summed E-state index contributed by atoms with van der Waals surface area (Å²) < 4.78 is 5.45. The molecule has 0 amide bonds. The Bertz CT molecular complexity index is 419. The number of ether oxygens (including phenoxy) is 1. The van der Waals surface area contributed by atoms with E-state index in [4.69, 9.17) is 4.74 Å². The van der Waals surface area contributed by atoms with Gasteiger partial charge in [-0.2, -0.15) is 0 Å². The summed E-state index contributed by atoms with van der Waals surface area (Å²) in [5.41, 5.74) is 2.95. The highest BCUT2D eigenvalue weighted by Crippen LogP contribution is 2.25. The molecule has 0 bridgehead atoms. The van der Waals surface area contributed by atoms with Crippen molar-refractivity contribution in [1.29, 1.82) is 0 Å². The van der Waals surface area contributed by atoms with Gasteiger partial charge in [-0.05, 0) is 62.9 Å². The van der Waals surface area contributed by atoms with Crippen LogP contribution in [0.25, 0.3) is 0 Å². The van der Waals surface area contributed by atoms with Crippen molar-refractivity contribution in [2.75, 3.05) is 33.4 Å². The van der Waals surface area contributed by atoms with Gasteiger partial charge in [-0.15, -0.1) is 0 Å². The lowest BCUT2D eigenvalue weighted by Crippen LogP contribution is -2.36. The number of nitrogens with zero attached hydrogens (tertiary/aromatic N) is 1. The highest BCUT2D eigenvalue weighted by atomic mass is 16.5. The molecule has 2 saturated heterocycles. The summed E-state index contributed by atoms with van der Waals surface area (Å²) in [6, 6.07) is 10.0. The van der Waals surface area contributed by atoms with Gasteiger partial charge in [-0.3, -0.25) is 4.90 Å². The first-order chi connectivity index (χ1) is 10.3. The first-order valence-corrected chi connectivity index (χ1v) is 8.40. The molecule has 1 aromatic carbocycles. The Hall–Kier alpha value is -0.900. The zero-order chi connectivity index (χ0) is 14.5. The van der Waals surface area contributed by atoms with Crippen LogP contribution in [0, 0.1) is 0 Å². The molecule has 116 valence electrons. The summed E-state index contributed by atoms with van der Waals surface area (Å²) in [5, 5.41) is 3.44. The van der Waals surface area contributed by atoms with Crippen molar-refractivity contribution in [3.05, 3.63) is 35.4 Å². The molecule has 0 aromatic heterocycles. The van der Waals surface area contributed by atoms with Gasteiger partial charge >= 0.3 is 0 Å². The molecule has 0 unspecified atom stereocenters. The Morgan fingerprint density at radius 2 is 1.71 bits per heavy atom. The third-order valence-electron chi connectivity index (χ3n) is 5.04. The van der Waals surface area contributed by atoms with Gasteiger partial charge in [0.25, 0.3) is 0 Å². The van der Waals surface area contributed by atoms with E-state index in [2.05, 4.69) is 41.5 Å². The van der Waals surface area contributed by atoms with E-state index in [1.54, 1.807) is 0 Å². The first-order valence-electron chi connectivity index (χ1n) is 8.40. The predicted octanol–water partition coefficient (Wildman–Crippen LogP) is 2.76. The van der Waals surface area contributed by atoms with E-state index in [0.29, 0.717) is 6.04 Å². The van der Waals surface area contributed by atoms with E-state index in [1.807, 2.05) is 0 Å². The van der Waals surface area contributed by atoms with Crippen molar-refractivity contribution >= 4 is 0 Å². The molecule has 0 spiro atoms. The first kappa shape index (κ1) is 15.0. The van der Waals surface area contributed by atoms with E-state index >= 15 is 0 Å². The average molecular weight is 288 g/mol. The van der Waals surface area contributed by atoms with Gasteiger partial charge in [0.1, 0.15) is 0 Å². The summed E-state index contributed by atoms with van der Waals surface area (Å²) in [7, 11) is 2.25. The molecule has 2 fully saturated rings. The maximum absolute atomic E-state index is 5.45. The van der Waals surface area contributed by atoms with Gasteiger partial charge in [-0.25, -0.2) is 0 Å². The molecule has 0 radical (unpaired) electrons. The van der Waals surface area contributed by atoms with Crippen LogP contribution in [0.1, 0.15) is 42.7 Å². The molecule has 2 heterocycles. The molecule has 3 rings (SSSR count). The van der Waals surface area contributed by atoms with Crippen molar-refractivity contribution in [3.63, 3.8) is 0 Å². The number of piperidine rings is 1. The minimum absolute atomic E-state index is 0.683. The monoisotopic (exact) mass is 288 g/mol. The van der Waals surface area contributed by atoms with E-state index in [-0.39, 0.29) is 0 Å². The Kier molecular flexibility index (Phi) is 5.28. The van der Waals surface area contributed by atoms with Crippen molar-refractivity contribution < 1.29 is 4.74 Å². The molecule has 3 nitrogen and oxygen atoms in total. The predicted molar refractivity (Wildman–Crippen MR) is 86.6 cm³/mol. The van der Waals surface area contributed by atoms with Crippen molar-refractivity contribution in [3.8, 4) is 0 Å². The summed E-state index contributed by atoms with van der Waals surface area (Å²) in [5.74, 6) is 0.758. The van der Waals surface area contributed by atoms with Gasteiger partial charge in [0.05, 0.1) is 0 Å². The zero-order valence-electron chi connectivity index (χ0n) is 13.2. The molecule has 3 heteroatoms. The van der Waals surface area contributed by atoms with Gasteiger partial charge in [0.2, 0.25) is 0 Å². The minimum atomic E-state index is 0.683. The van der Waals surface area contributed by atoms with Gasteiger partial charge in [0.15, 0.2) is 0 Å².